The maximum absolute atomic E-state index is 4.33. The minimum absolute atomic E-state index is 0.928. The highest BCUT2D eigenvalue weighted by molar-refractivity contribution is 5.78. The van der Waals surface area contributed by atoms with Gasteiger partial charge >= 0.3 is 0 Å². The van der Waals surface area contributed by atoms with Gasteiger partial charge in [-0.2, -0.15) is 0 Å². The number of benzene rings is 2. The van der Waals surface area contributed by atoms with Crippen molar-refractivity contribution in [3.05, 3.63) is 60.7 Å². The molecule has 0 N–H and O–H groups in total. The van der Waals surface area contributed by atoms with Gasteiger partial charge in [0.1, 0.15) is 0 Å². The number of hydrogen-bond donors (Lipinski definition) is 0. The fourth-order valence-electron chi connectivity index (χ4n) is 1.37. The molecule has 0 aliphatic rings. The Morgan fingerprint density at radius 3 is 1.50 bits per heavy atom. The normalized spacial score (nSPS) is 11.2. The minimum atomic E-state index is 0.928. The van der Waals surface area contributed by atoms with Crippen molar-refractivity contribution >= 4 is 24.1 Å². The summed E-state index contributed by atoms with van der Waals surface area (Å²) in [5.41, 5.74) is 1.86. The largest absolute Gasteiger partial charge is 0.326 e. The quantitative estimate of drug-likeness (QED) is 0.589. The van der Waals surface area contributed by atoms with Gasteiger partial charge in [0.25, 0.3) is 0 Å². The third kappa shape index (κ3) is 3.87. The molecule has 0 aliphatic carbocycles. The van der Waals surface area contributed by atoms with Crippen molar-refractivity contribution in [2.24, 2.45) is 9.98 Å². The number of para-hydroxylation sites is 2. The first-order chi connectivity index (χ1) is 8.84. The molecule has 0 atom stereocenters. The van der Waals surface area contributed by atoms with E-state index in [-0.39, 0.29) is 0 Å². The third-order valence-corrected chi connectivity index (χ3v) is 2.29. The molecule has 0 amide bonds. The van der Waals surface area contributed by atoms with Crippen LogP contribution in [0.5, 0.6) is 0 Å². The summed E-state index contributed by atoms with van der Waals surface area (Å²) in [6.45, 7) is 0. The second-order valence-corrected chi connectivity index (χ2v) is 3.83. The smallest absolute Gasteiger partial charge is 0.0961 e. The summed E-state index contributed by atoms with van der Waals surface area (Å²) in [7, 11) is 1.90. The van der Waals surface area contributed by atoms with Gasteiger partial charge in [-0.05, 0) is 24.3 Å². The van der Waals surface area contributed by atoms with Gasteiger partial charge in [0, 0.05) is 7.05 Å². The maximum Gasteiger partial charge on any atom is 0.0961 e. The van der Waals surface area contributed by atoms with E-state index in [2.05, 4.69) is 9.98 Å². The highest BCUT2D eigenvalue weighted by atomic mass is 15.1. The van der Waals surface area contributed by atoms with Crippen molar-refractivity contribution in [3.8, 4) is 0 Å². The number of hydrogen-bond acceptors (Lipinski definition) is 2. The Balaban J connectivity index is 1.95. The van der Waals surface area contributed by atoms with E-state index in [1.165, 1.54) is 0 Å². The Labute approximate surface area is 107 Å². The van der Waals surface area contributed by atoms with Gasteiger partial charge in [-0.1, -0.05) is 36.4 Å². The molecule has 0 heterocycles. The van der Waals surface area contributed by atoms with Crippen LogP contribution in [-0.4, -0.2) is 24.6 Å². The summed E-state index contributed by atoms with van der Waals surface area (Å²) in [5.74, 6) is 0. The van der Waals surface area contributed by atoms with Crippen LogP contribution in [0.3, 0.4) is 0 Å². The molecule has 3 heteroatoms. The van der Waals surface area contributed by atoms with E-state index in [4.69, 9.17) is 0 Å². The van der Waals surface area contributed by atoms with Gasteiger partial charge in [0.2, 0.25) is 0 Å². The van der Waals surface area contributed by atoms with Crippen molar-refractivity contribution in [1.82, 2.24) is 4.90 Å². The van der Waals surface area contributed by atoms with Gasteiger partial charge in [-0.25, -0.2) is 9.98 Å². The van der Waals surface area contributed by atoms with Gasteiger partial charge in [0.05, 0.1) is 24.1 Å². The first-order valence-electron chi connectivity index (χ1n) is 5.75. The van der Waals surface area contributed by atoms with Gasteiger partial charge < -0.3 is 4.90 Å². The van der Waals surface area contributed by atoms with Gasteiger partial charge in [-0.3, -0.25) is 0 Å². The third-order valence-electron chi connectivity index (χ3n) is 2.29. The van der Waals surface area contributed by atoms with Crippen LogP contribution >= 0.6 is 0 Å². The molecule has 0 bridgehead atoms. The predicted molar refractivity (Wildman–Crippen MR) is 77.0 cm³/mol. The first-order valence-corrected chi connectivity index (χ1v) is 5.75. The van der Waals surface area contributed by atoms with E-state index in [0.29, 0.717) is 0 Å². The molecule has 18 heavy (non-hydrogen) atoms. The van der Waals surface area contributed by atoms with E-state index in [0.717, 1.165) is 11.4 Å². The Hall–Kier alpha value is -2.42. The van der Waals surface area contributed by atoms with E-state index in [1.807, 2.05) is 72.6 Å². The molecule has 0 aromatic heterocycles. The van der Waals surface area contributed by atoms with E-state index < -0.39 is 0 Å². The lowest BCUT2D eigenvalue weighted by atomic mass is 10.3. The second kappa shape index (κ2) is 6.35. The average Bonchev–Trinajstić information content (AvgIpc) is 2.45. The Morgan fingerprint density at radius 1 is 0.722 bits per heavy atom. The molecule has 0 aliphatic heterocycles. The Morgan fingerprint density at radius 2 is 1.11 bits per heavy atom. The zero-order valence-electron chi connectivity index (χ0n) is 10.3. The molecule has 0 unspecified atom stereocenters. The van der Waals surface area contributed by atoms with Crippen molar-refractivity contribution < 1.29 is 0 Å². The zero-order valence-corrected chi connectivity index (χ0v) is 10.3. The molecule has 0 saturated heterocycles. The molecular weight excluding hydrogens is 222 g/mol. The molecule has 3 nitrogen and oxygen atoms in total. The highest BCUT2D eigenvalue weighted by Crippen LogP contribution is 2.09. The molecule has 0 saturated carbocycles. The molecular formula is C15H15N3. The summed E-state index contributed by atoms with van der Waals surface area (Å²) < 4.78 is 0. The monoisotopic (exact) mass is 237 g/mol. The molecule has 2 aromatic rings. The lowest BCUT2D eigenvalue weighted by molar-refractivity contribution is 0.802. The predicted octanol–water partition coefficient (Wildman–Crippen LogP) is 3.64. The summed E-state index contributed by atoms with van der Waals surface area (Å²) in [6, 6.07) is 19.6. The minimum Gasteiger partial charge on any atom is -0.326 e. The van der Waals surface area contributed by atoms with Crippen LogP contribution in [-0.2, 0) is 0 Å². The topological polar surface area (TPSA) is 28.0 Å². The van der Waals surface area contributed by atoms with E-state index in [1.54, 1.807) is 12.7 Å². The first kappa shape index (κ1) is 12.0. The molecule has 0 spiro atoms. The summed E-state index contributed by atoms with van der Waals surface area (Å²) in [6.07, 6.45) is 3.48. The fourth-order valence-corrected chi connectivity index (χ4v) is 1.37. The second-order valence-electron chi connectivity index (χ2n) is 3.83. The van der Waals surface area contributed by atoms with Crippen molar-refractivity contribution in [2.75, 3.05) is 7.05 Å². The standard InChI is InChI=1S/C15H15N3/c1-18(12-16-14-8-4-2-5-9-14)13-17-15-10-6-3-7-11-15/h2-13H,1H3. The molecule has 2 rings (SSSR count). The van der Waals surface area contributed by atoms with Crippen LogP contribution < -0.4 is 0 Å². The zero-order chi connectivity index (χ0) is 12.6. The van der Waals surface area contributed by atoms with Crippen molar-refractivity contribution in [1.29, 1.82) is 0 Å². The Kier molecular flexibility index (Phi) is 4.25. The van der Waals surface area contributed by atoms with Crippen LogP contribution in [0.1, 0.15) is 0 Å². The summed E-state index contributed by atoms with van der Waals surface area (Å²) >= 11 is 0. The van der Waals surface area contributed by atoms with Crippen LogP contribution in [0, 0.1) is 0 Å². The average molecular weight is 237 g/mol. The lowest BCUT2D eigenvalue weighted by Gasteiger charge is -2.04. The Bertz CT molecular complexity index is 468. The molecule has 0 fully saturated rings. The summed E-state index contributed by atoms with van der Waals surface area (Å²) in [5, 5.41) is 0. The SMILES string of the molecule is CN(C=Nc1ccccc1)C=Nc1ccccc1. The molecule has 90 valence electrons. The van der Waals surface area contributed by atoms with E-state index in [9.17, 15) is 0 Å². The van der Waals surface area contributed by atoms with Crippen LogP contribution in [0.15, 0.2) is 70.6 Å². The number of nitrogens with zero attached hydrogens (tertiary/aromatic N) is 3. The number of aliphatic imine (C=N–C) groups is 2. The van der Waals surface area contributed by atoms with Gasteiger partial charge in [-0.15, -0.1) is 0 Å². The summed E-state index contributed by atoms with van der Waals surface area (Å²) in [4.78, 5) is 10.5. The van der Waals surface area contributed by atoms with Crippen LogP contribution in [0.25, 0.3) is 0 Å². The van der Waals surface area contributed by atoms with Crippen molar-refractivity contribution in [3.63, 3.8) is 0 Å². The maximum atomic E-state index is 4.33. The molecule has 2 aromatic carbocycles. The van der Waals surface area contributed by atoms with Gasteiger partial charge in [0.15, 0.2) is 0 Å². The molecule has 0 radical (unpaired) electrons. The van der Waals surface area contributed by atoms with Crippen LogP contribution in [0.4, 0.5) is 11.4 Å². The van der Waals surface area contributed by atoms with Crippen molar-refractivity contribution in [2.45, 2.75) is 0 Å². The lowest BCUT2D eigenvalue weighted by Crippen LogP contribution is -2.12. The van der Waals surface area contributed by atoms with Crippen LogP contribution in [0.2, 0.25) is 0 Å². The fraction of sp³-hybridized carbons (Fsp3) is 0.0667. The number of rotatable bonds is 4. The highest BCUT2D eigenvalue weighted by Gasteiger charge is 1.88. The van der Waals surface area contributed by atoms with E-state index >= 15 is 0 Å².